The van der Waals surface area contributed by atoms with Crippen molar-refractivity contribution >= 4 is 6.09 Å². The lowest BCUT2D eigenvalue weighted by Crippen LogP contribution is -2.48. The highest BCUT2D eigenvalue weighted by Crippen LogP contribution is 2.36. The van der Waals surface area contributed by atoms with Crippen LogP contribution in [0.15, 0.2) is 0 Å². The van der Waals surface area contributed by atoms with Crippen molar-refractivity contribution in [1.82, 2.24) is 10.3 Å². The highest BCUT2D eigenvalue weighted by atomic mass is 16.6. The molecule has 1 saturated carbocycles. The molecule has 4 unspecified atom stereocenters. The molecular formula is C18H35N3O2. The Morgan fingerprint density at radius 3 is 2.65 bits per heavy atom. The van der Waals surface area contributed by atoms with Gasteiger partial charge < -0.3 is 9.64 Å². The van der Waals surface area contributed by atoms with E-state index < -0.39 is 5.60 Å². The first kappa shape index (κ1) is 18.5. The quantitative estimate of drug-likeness (QED) is 0.615. The zero-order chi connectivity index (χ0) is 17.0. The summed E-state index contributed by atoms with van der Waals surface area (Å²) in [5.41, 5.74) is 2.66. The van der Waals surface area contributed by atoms with E-state index >= 15 is 0 Å². The SMILES string of the molecule is CCC1CCCC(C(NN)C2CCN(C(=O)OC(C)(C)C)C2)C1. The van der Waals surface area contributed by atoms with E-state index in [0.29, 0.717) is 17.9 Å². The van der Waals surface area contributed by atoms with Gasteiger partial charge in [0, 0.05) is 19.1 Å². The highest BCUT2D eigenvalue weighted by molar-refractivity contribution is 5.68. The molecule has 5 nitrogen and oxygen atoms in total. The molecule has 2 fully saturated rings. The van der Waals surface area contributed by atoms with Gasteiger partial charge in [0.05, 0.1) is 0 Å². The van der Waals surface area contributed by atoms with Crippen LogP contribution in [0.5, 0.6) is 0 Å². The molecule has 0 aromatic heterocycles. The minimum absolute atomic E-state index is 0.189. The molecular weight excluding hydrogens is 290 g/mol. The van der Waals surface area contributed by atoms with E-state index in [4.69, 9.17) is 10.6 Å². The Morgan fingerprint density at radius 1 is 1.30 bits per heavy atom. The number of nitrogens with zero attached hydrogens (tertiary/aromatic N) is 1. The van der Waals surface area contributed by atoms with Crippen LogP contribution in [-0.4, -0.2) is 35.7 Å². The fourth-order valence-electron chi connectivity index (χ4n) is 4.26. The van der Waals surface area contributed by atoms with E-state index in [2.05, 4.69) is 12.3 Å². The Balaban J connectivity index is 1.92. The summed E-state index contributed by atoms with van der Waals surface area (Å²) in [4.78, 5) is 14.1. The number of nitrogens with two attached hydrogens (primary N) is 1. The summed E-state index contributed by atoms with van der Waals surface area (Å²) in [6.45, 7) is 9.57. The van der Waals surface area contributed by atoms with Gasteiger partial charge in [-0.15, -0.1) is 0 Å². The number of carbonyl (C=O) groups is 1. The summed E-state index contributed by atoms with van der Waals surface area (Å²) in [5.74, 6) is 7.83. The van der Waals surface area contributed by atoms with Crippen LogP contribution in [0.25, 0.3) is 0 Å². The van der Waals surface area contributed by atoms with Gasteiger partial charge in [-0.25, -0.2) is 4.79 Å². The van der Waals surface area contributed by atoms with Crippen LogP contribution in [0.1, 0.15) is 66.2 Å². The molecule has 0 spiro atoms. The van der Waals surface area contributed by atoms with Gasteiger partial charge in [0.15, 0.2) is 0 Å². The largest absolute Gasteiger partial charge is 0.444 e. The predicted octanol–water partition coefficient (Wildman–Crippen LogP) is 3.29. The number of amides is 1. The molecule has 0 radical (unpaired) electrons. The molecule has 1 amide bonds. The molecule has 2 aliphatic rings. The van der Waals surface area contributed by atoms with Crippen molar-refractivity contribution in [2.24, 2.45) is 23.6 Å². The fraction of sp³-hybridized carbons (Fsp3) is 0.944. The minimum atomic E-state index is -0.432. The number of nitrogens with one attached hydrogen (secondary N) is 1. The van der Waals surface area contributed by atoms with Crippen molar-refractivity contribution in [2.45, 2.75) is 77.9 Å². The van der Waals surface area contributed by atoms with Crippen LogP contribution >= 0.6 is 0 Å². The Bertz CT molecular complexity index is 394. The van der Waals surface area contributed by atoms with Crippen molar-refractivity contribution in [3.8, 4) is 0 Å². The molecule has 134 valence electrons. The second kappa shape index (κ2) is 7.84. The molecule has 5 heteroatoms. The van der Waals surface area contributed by atoms with E-state index in [9.17, 15) is 4.79 Å². The van der Waals surface area contributed by atoms with Crippen LogP contribution in [0.4, 0.5) is 4.79 Å². The molecule has 1 heterocycles. The lowest BCUT2D eigenvalue weighted by molar-refractivity contribution is 0.0281. The third-order valence-electron chi connectivity index (χ3n) is 5.49. The molecule has 4 atom stereocenters. The summed E-state index contributed by atoms with van der Waals surface area (Å²) < 4.78 is 5.50. The lowest BCUT2D eigenvalue weighted by atomic mass is 9.73. The maximum atomic E-state index is 12.2. The topological polar surface area (TPSA) is 67.6 Å². The Morgan fingerprint density at radius 2 is 2.04 bits per heavy atom. The summed E-state index contributed by atoms with van der Waals surface area (Å²) in [6, 6.07) is 0.316. The maximum absolute atomic E-state index is 12.2. The molecule has 1 aliphatic heterocycles. The van der Waals surface area contributed by atoms with Crippen molar-refractivity contribution in [1.29, 1.82) is 0 Å². The van der Waals surface area contributed by atoms with Crippen LogP contribution in [-0.2, 0) is 4.74 Å². The van der Waals surface area contributed by atoms with Crippen molar-refractivity contribution in [2.75, 3.05) is 13.1 Å². The van der Waals surface area contributed by atoms with Crippen molar-refractivity contribution < 1.29 is 9.53 Å². The molecule has 23 heavy (non-hydrogen) atoms. The van der Waals surface area contributed by atoms with Gasteiger partial charge in [0.2, 0.25) is 0 Å². The summed E-state index contributed by atoms with van der Waals surface area (Å²) >= 11 is 0. The van der Waals surface area contributed by atoms with Crippen LogP contribution in [0.2, 0.25) is 0 Å². The normalized spacial score (nSPS) is 30.3. The number of ether oxygens (including phenoxy) is 1. The molecule has 0 aromatic carbocycles. The van der Waals surface area contributed by atoms with E-state index in [-0.39, 0.29) is 6.09 Å². The lowest BCUT2D eigenvalue weighted by Gasteiger charge is -2.37. The van der Waals surface area contributed by atoms with Gasteiger partial charge in [-0.2, -0.15) is 0 Å². The first-order chi connectivity index (χ1) is 10.8. The first-order valence-electron chi connectivity index (χ1n) is 9.28. The molecule has 3 N–H and O–H groups in total. The summed E-state index contributed by atoms with van der Waals surface area (Å²) in [7, 11) is 0. The van der Waals surface area contributed by atoms with E-state index in [0.717, 1.165) is 25.4 Å². The van der Waals surface area contributed by atoms with Gasteiger partial charge in [-0.3, -0.25) is 11.3 Å². The molecule has 1 saturated heterocycles. The average molecular weight is 325 g/mol. The Kier molecular flexibility index (Phi) is 6.32. The van der Waals surface area contributed by atoms with Gasteiger partial charge in [0.1, 0.15) is 5.60 Å². The number of likely N-dealkylation sites (tertiary alicyclic amines) is 1. The zero-order valence-electron chi connectivity index (χ0n) is 15.3. The van der Waals surface area contributed by atoms with Crippen molar-refractivity contribution in [3.05, 3.63) is 0 Å². The zero-order valence-corrected chi connectivity index (χ0v) is 15.3. The molecule has 1 aliphatic carbocycles. The van der Waals surface area contributed by atoms with E-state index in [1.165, 1.54) is 32.1 Å². The Hall–Kier alpha value is -0.810. The van der Waals surface area contributed by atoms with Crippen LogP contribution < -0.4 is 11.3 Å². The predicted molar refractivity (Wildman–Crippen MR) is 92.8 cm³/mol. The number of carbonyl (C=O) groups excluding carboxylic acids is 1. The molecule has 0 aromatic rings. The van der Waals surface area contributed by atoms with Crippen LogP contribution in [0.3, 0.4) is 0 Å². The first-order valence-corrected chi connectivity index (χ1v) is 9.28. The fourth-order valence-corrected chi connectivity index (χ4v) is 4.26. The highest BCUT2D eigenvalue weighted by Gasteiger charge is 2.38. The minimum Gasteiger partial charge on any atom is -0.444 e. The van der Waals surface area contributed by atoms with E-state index in [1.807, 2.05) is 25.7 Å². The smallest absolute Gasteiger partial charge is 0.410 e. The monoisotopic (exact) mass is 325 g/mol. The van der Waals surface area contributed by atoms with Crippen molar-refractivity contribution in [3.63, 3.8) is 0 Å². The van der Waals surface area contributed by atoms with Gasteiger partial charge in [0.25, 0.3) is 0 Å². The summed E-state index contributed by atoms with van der Waals surface area (Å²) in [5, 5.41) is 0. The maximum Gasteiger partial charge on any atom is 0.410 e. The average Bonchev–Trinajstić information content (AvgIpc) is 2.96. The molecule has 2 rings (SSSR count). The number of hydrazine groups is 1. The van der Waals surface area contributed by atoms with Gasteiger partial charge >= 0.3 is 6.09 Å². The van der Waals surface area contributed by atoms with Gasteiger partial charge in [-0.1, -0.05) is 26.2 Å². The third kappa shape index (κ3) is 5.08. The van der Waals surface area contributed by atoms with Crippen LogP contribution in [0, 0.1) is 17.8 Å². The number of hydrogen-bond donors (Lipinski definition) is 2. The summed E-state index contributed by atoms with van der Waals surface area (Å²) in [6.07, 6.45) is 7.29. The Labute approximate surface area is 141 Å². The second-order valence-corrected chi connectivity index (χ2v) is 8.37. The molecule has 0 bridgehead atoms. The number of hydrogen-bond acceptors (Lipinski definition) is 4. The second-order valence-electron chi connectivity index (χ2n) is 8.37. The van der Waals surface area contributed by atoms with Gasteiger partial charge in [-0.05, 0) is 57.8 Å². The third-order valence-corrected chi connectivity index (χ3v) is 5.49. The van der Waals surface area contributed by atoms with E-state index in [1.54, 1.807) is 0 Å². The standard InChI is InChI=1S/C18H35N3O2/c1-5-13-7-6-8-14(11-13)16(20-19)15-9-10-21(12-15)17(22)23-18(2,3)4/h13-16,20H,5-12,19H2,1-4H3. The number of rotatable bonds is 4.